The summed E-state index contributed by atoms with van der Waals surface area (Å²) in [5.74, 6) is 0.913. The van der Waals surface area contributed by atoms with Gasteiger partial charge in [-0.1, -0.05) is 24.3 Å². The number of nitrogen functional groups attached to an aromatic ring is 1. The molecule has 2 rings (SSSR count). The van der Waals surface area contributed by atoms with Gasteiger partial charge in [0.2, 0.25) is 0 Å². The molecule has 0 aliphatic rings. The molecule has 2 heteroatoms. The van der Waals surface area contributed by atoms with Crippen LogP contribution in [0.3, 0.4) is 0 Å². The van der Waals surface area contributed by atoms with Crippen molar-refractivity contribution >= 4 is 5.69 Å². The van der Waals surface area contributed by atoms with Crippen LogP contribution in [0.1, 0.15) is 16.7 Å². The van der Waals surface area contributed by atoms with Crippen LogP contribution in [0.4, 0.5) is 5.69 Å². The Morgan fingerprint density at radius 2 is 1.72 bits per heavy atom. The Labute approximate surface area is 108 Å². The van der Waals surface area contributed by atoms with E-state index in [1.165, 1.54) is 11.1 Å². The number of hydrogen-bond donors (Lipinski definition) is 1. The average molecular weight is 241 g/mol. The Morgan fingerprint density at radius 1 is 1.00 bits per heavy atom. The van der Waals surface area contributed by atoms with Crippen molar-refractivity contribution in [3.05, 3.63) is 59.2 Å². The molecule has 2 nitrogen and oxygen atoms in total. The van der Waals surface area contributed by atoms with Gasteiger partial charge < -0.3 is 10.5 Å². The van der Waals surface area contributed by atoms with Crippen LogP contribution in [0.5, 0.6) is 5.75 Å². The van der Waals surface area contributed by atoms with E-state index in [1.54, 1.807) is 7.11 Å². The number of hydrogen-bond acceptors (Lipinski definition) is 2. The van der Waals surface area contributed by atoms with Gasteiger partial charge in [-0.05, 0) is 54.7 Å². The molecule has 2 N–H and O–H groups in total. The molecule has 0 fully saturated rings. The summed E-state index contributed by atoms with van der Waals surface area (Å²) in [6.45, 7) is 2.03. The monoisotopic (exact) mass is 241 g/mol. The second kappa shape index (κ2) is 5.58. The molecule has 0 amide bonds. The summed E-state index contributed by atoms with van der Waals surface area (Å²) in [5.41, 5.74) is 10.5. The van der Waals surface area contributed by atoms with Crippen LogP contribution in [0.15, 0.2) is 42.5 Å². The lowest BCUT2D eigenvalue weighted by Gasteiger charge is -2.06. The fourth-order valence-electron chi connectivity index (χ4n) is 1.96. The van der Waals surface area contributed by atoms with Crippen LogP contribution in [0.25, 0.3) is 0 Å². The van der Waals surface area contributed by atoms with Gasteiger partial charge in [0.1, 0.15) is 5.75 Å². The zero-order valence-electron chi connectivity index (χ0n) is 10.9. The molecule has 0 heterocycles. The Hall–Kier alpha value is -1.96. The first-order valence-corrected chi connectivity index (χ1v) is 6.17. The van der Waals surface area contributed by atoms with Gasteiger partial charge >= 0.3 is 0 Å². The van der Waals surface area contributed by atoms with Gasteiger partial charge in [0, 0.05) is 5.69 Å². The van der Waals surface area contributed by atoms with Crippen molar-refractivity contribution in [2.75, 3.05) is 12.8 Å². The maximum atomic E-state index is 5.92. The quantitative estimate of drug-likeness (QED) is 0.833. The SMILES string of the molecule is COc1cccc(CCc2ccc(C)c(N)c2)c1. The van der Waals surface area contributed by atoms with E-state index >= 15 is 0 Å². The minimum atomic E-state index is 0.873. The molecule has 18 heavy (non-hydrogen) atoms. The van der Waals surface area contributed by atoms with E-state index in [1.807, 2.05) is 19.1 Å². The Balaban J connectivity index is 2.04. The molecule has 0 aliphatic heterocycles. The lowest BCUT2D eigenvalue weighted by Crippen LogP contribution is -1.95. The predicted molar refractivity (Wildman–Crippen MR) is 76.0 cm³/mol. The van der Waals surface area contributed by atoms with Crippen molar-refractivity contribution in [2.24, 2.45) is 0 Å². The summed E-state index contributed by atoms with van der Waals surface area (Å²) >= 11 is 0. The normalized spacial score (nSPS) is 10.3. The number of methoxy groups -OCH3 is 1. The topological polar surface area (TPSA) is 35.2 Å². The fourth-order valence-corrected chi connectivity index (χ4v) is 1.96. The molecule has 94 valence electrons. The molecule has 0 saturated heterocycles. The smallest absolute Gasteiger partial charge is 0.119 e. The second-order valence-corrected chi connectivity index (χ2v) is 4.54. The van der Waals surface area contributed by atoms with Gasteiger partial charge in [-0.3, -0.25) is 0 Å². The van der Waals surface area contributed by atoms with Crippen molar-refractivity contribution in [1.82, 2.24) is 0 Å². The van der Waals surface area contributed by atoms with Crippen molar-refractivity contribution in [3.8, 4) is 5.75 Å². The summed E-state index contributed by atoms with van der Waals surface area (Å²) in [6, 6.07) is 14.5. The summed E-state index contributed by atoms with van der Waals surface area (Å²) in [6.07, 6.45) is 2.00. The maximum Gasteiger partial charge on any atom is 0.119 e. The Kier molecular flexibility index (Phi) is 3.88. The predicted octanol–water partition coefficient (Wildman–Crippen LogP) is 3.37. The largest absolute Gasteiger partial charge is 0.497 e. The van der Waals surface area contributed by atoms with Crippen LogP contribution in [-0.2, 0) is 12.8 Å². The zero-order valence-corrected chi connectivity index (χ0v) is 10.9. The maximum absolute atomic E-state index is 5.92. The highest BCUT2D eigenvalue weighted by Gasteiger charge is 2.00. The van der Waals surface area contributed by atoms with Crippen molar-refractivity contribution in [1.29, 1.82) is 0 Å². The van der Waals surface area contributed by atoms with E-state index in [4.69, 9.17) is 10.5 Å². The Bertz CT molecular complexity index is 534. The van der Waals surface area contributed by atoms with Crippen LogP contribution < -0.4 is 10.5 Å². The first-order valence-electron chi connectivity index (χ1n) is 6.17. The molecule has 0 spiro atoms. The van der Waals surface area contributed by atoms with E-state index in [2.05, 4.69) is 30.3 Å². The highest BCUT2D eigenvalue weighted by atomic mass is 16.5. The first-order chi connectivity index (χ1) is 8.69. The lowest BCUT2D eigenvalue weighted by atomic mass is 10.0. The highest BCUT2D eigenvalue weighted by Crippen LogP contribution is 2.17. The number of benzene rings is 2. The number of anilines is 1. The molecule has 0 aliphatic carbocycles. The van der Waals surface area contributed by atoms with E-state index in [-0.39, 0.29) is 0 Å². The van der Waals surface area contributed by atoms with E-state index in [0.29, 0.717) is 0 Å². The number of nitrogens with two attached hydrogens (primary N) is 1. The van der Waals surface area contributed by atoms with Gasteiger partial charge in [0.05, 0.1) is 7.11 Å². The third-order valence-electron chi connectivity index (χ3n) is 3.18. The third-order valence-corrected chi connectivity index (χ3v) is 3.18. The van der Waals surface area contributed by atoms with E-state index < -0.39 is 0 Å². The van der Waals surface area contributed by atoms with Crippen LogP contribution in [0.2, 0.25) is 0 Å². The molecule has 0 radical (unpaired) electrons. The van der Waals surface area contributed by atoms with Crippen LogP contribution in [0, 0.1) is 6.92 Å². The minimum Gasteiger partial charge on any atom is -0.497 e. The summed E-state index contributed by atoms with van der Waals surface area (Å²) in [4.78, 5) is 0. The molecular weight excluding hydrogens is 222 g/mol. The molecule has 2 aromatic carbocycles. The van der Waals surface area contributed by atoms with Gasteiger partial charge in [-0.2, -0.15) is 0 Å². The van der Waals surface area contributed by atoms with Gasteiger partial charge in [0.15, 0.2) is 0 Å². The zero-order chi connectivity index (χ0) is 13.0. The highest BCUT2D eigenvalue weighted by molar-refractivity contribution is 5.48. The summed E-state index contributed by atoms with van der Waals surface area (Å²) in [7, 11) is 1.69. The van der Waals surface area contributed by atoms with Crippen LogP contribution >= 0.6 is 0 Å². The molecule has 0 atom stereocenters. The van der Waals surface area contributed by atoms with Gasteiger partial charge in [0.25, 0.3) is 0 Å². The van der Waals surface area contributed by atoms with E-state index in [0.717, 1.165) is 29.8 Å². The third kappa shape index (κ3) is 3.04. The number of aryl methyl sites for hydroxylation is 3. The molecule has 0 saturated carbocycles. The van der Waals surface area contributed by atoms with Crippen molar-refractivity contribution in [2.45, 2.75) is 19.8 Å². The summed E-state index contributed by atoms with van der Waals surface area (Å²) < 4.78 is 5.22. The lowest BCUT2D eigenvalue weighted by molar-refractivity contribution is 0.414. The average Bonchev–Trinajstić information content (AvgIpc) is 2.40. The minimum absolute atomic E-state index is 0.873. The van der Waals surface area contributed by atoms with Gasteiger partial charge in [-0.15, -0.1) is 0 Å². The second-order valence-electron chi connectivity index (χ2n) is 4.54. The first kappa shape index (κ1) is 12.5. The number of rotatable bonds is 4. The molecular formula is C16H19NO. The molecule has 0 unspecified atom stereocenters. The molecule has 2 aromatic rings. The standard InChI is InChI=1S/C16H19NO/c1-12-6-7-14(11-16(12)17)9-8-13-4-3-5-15(10-13)18-2/h3-7,10-11H,8-9,17H2,1-2H3. The Morgan fingerprint density at radius 3 is 2.39 bits per heavy atom. The van der Waals surface area contributed by atoms with Crippen molar-refractivity contribution in [3.63, 3.8) is 0 Å². The van der Waals surface area contributed by atoms with Crippen LogP contribution in [-0.4, -0.2) is 7.11 Å². The van der Waals surface area contributed by atoms with E-state index in [9.17, 15) is 0 Å². The fraction of sp³-hybridized carbons (Fsp3) is 0.250. The molecule has 0 bridgehead atoms. The van der Waals surface area contributed by atoms with Crippen molar-refractivity contribution < 1.29 is 4.74 Å². The molecule has 0 aromatic heterocycles. The summed E-state index contributed by atoms with van der Waals surface area (Å²) in [5, 5.41) is 0. The number of ether oxygens (including phenoxy) is 1. The van der Waals surface area contributed by atoms with Gasteiger partial charge in [-0.25, -0.2) is 0 Å².